The minimum atomic E-state index is -4.87. The number of amides is 1. The first kappa shape index (κ1) is 24.5. The van der Waals surface area contributed by atoms with Gasteiger partial charge in [0.05, 0.1) is 17.8 Å². The summed E-state index contributed by atoms with van der Waals surface area (Å²) in [7, 11) is 0. The van der Waals surface area contributed by atoms with Gasteiger partial charge in [-0.3, -0.25) is 4.79 Å². The third-order valence-electron chi connectivity index (χ3n) is 6.00. The number of carbonyl (C=O) groups is 1. The van der Waals surface area contributed by atoms with Crippen LogP contribution < -0.4 is 5.32 Å². The van der Waals surface area contributed by atoms with Gasteiger partial charge >= 0.3 is 11.9 Å². The number of β-amino-alcohol motifs (C(OH)–C–C–N with tert-alkyl or cyclic N) is 1. The zero-order valence-corrected chi connectivity index (χ0v) is 20.2. The molecule has 8 nitrogen and oxygen atoms in total. The number of aliphatic hydroxyl groups is 1. The van der Waals surface area contributed by atoms with E-state index in [2.05, 4.69) is 31.6 Å². The fourth-order valence-corrected chi connectivity index (χ4v) is 4.61. The summed E-state index contributed by atoms with van der Waals surface area (Å²) >= 11 is 3.21. The Hall–Kier alpha value is -2.60. The number of aromatic nitrogens is 1. The Morgan fingerprint density at radius 3 is 2.56 bits per heavy atom. The molecule has 34 heavy (non-hydrogen) atoms. The van der Waals surface area contributed by atoms with Crippen molar-refractivity contribution in [3.05, 3.63) is 51.8 Å². The van der Waals surface area contributed by atoms with Crippen molar-refractivity contribution >= 4 is 27.7 Å². The van der Waals surface area contributed by atoms with Crippen molar-refractivity contribution in [2.45, 2.75) is 57.2 Å². The van der Waals surface area contributed by atoms with E-state index >= 15 is 0 Å². The lowest BCUT2D eigenvalue weighted by Crippen LogP contribution is -2.57. The number of rotatable bonds is 5. The number of hydrogen-bond acceptors (Lipinski definition) is 7. The number of hydrogen-bond donors (Lipinski definition) is 2. The number of nitrogens with zero attached hydrogens (tertiary/aromatic N) is 3. The van der Waals surface area contributed by atoms with Gasteiger partial charge in [0.2, 0.25) is 5.91 Å². The topological polar surface area (TPSA) is 100 Å². The van der Waals surface area contributed by atoms with Crippen LogP contribution in [0.25, 0.3) is 0 Å². The summed E-state index contributed by atoms with van der Waals surface area (Å²) in [6, 6.07) is 6.20. The van der Waals surface area contributed by atoms with Crippen LogP contribution in [0.4, 0.5) is 13.2 Å². The Kier molecular flexibility index (Phi) is 6.40. The first-order chi connectivity index (χ1) is 15.9. The van der Waals surface area contributed by atoms with E-state index in [0.717, 1.165) is 0 Å². The van der Waals surface area contributed by atoms with Crippen molar-refractivity contribution in [2.75, 3.05) is 6.54 Å². The molecule has 1 amide bonds. The Morgan fingerprint density at radius 2 is 2.00 bits per heavy atom. The van der Waals surface area contributed by atoms with Gasteiger partial charge < -0.3 is 24.7 Å². The lowest BCUT2D eigenvalue weighted by atomic mass is 9.91. The van der Waals surface area contributed by atoms with Crippen LogP contribution in [0.1, 0.15) is 43.2 Å². The first-order valence-corrected chi connectivity index (χ1v) is 11.5. The maximum atomic E-state index is 14.2. The monoisotopic (exact) mass is 544 g/mol. The summed E-state index contributed by atoms with van der Waals surface area (Å²) in [5.41, 5.74) is -2.51. The van der Waals surface area contributed by atoms with Crippen LogP contribution in [-0.2, 0) is 15.4 Å². The van der Waals surface area contributed by atoms with E-state index < -0.39 is 35.9 Å². The molecule has 0 saturated carbocycles. The highest BCUT2D eigenvalue weighted by atomic mass is 79.9. The number of amidine groups is 1. The Morgan fingerprint density at radius 1 is 1.32 bits per heavy atom. The summed E-state index contributed by atoms with van der Waals surface area (Å²) in [6.07, 6.45) is -5.79. The summed E-state index contributed by atoms with van der Waals surface area (Å²) in [5, 5.41) is 20.3. The van der Waals surface area contributed by atoms with E-state index in [1.807, 2.05) is 13.8 Å². The zero-order valence-electron chi connectivity index (χ0n) is 18.6. The molecule has 4 atom stereocenters. The van der Waals surface area contributed by atoms with E-state index in [-0.39, 0.29) is 30.3 Å². The predicted molar refractivity (Wildman–Crippen MR) is 118 cm³/mol. The predicted octanol–water partition coefficient (Wildman–Crippen LogP) is 3.80. The van der Waals surface area contributed by atoms with Gasteiger partial charge in [0.15, 0.2) is 5.84 Å². The highest BCUT2D eigenvalue weighted by molar-refractivity contribution is 9.10. The highest BCUT2D eigenvalue weighted by Crippen LogP contribution is 2.44. The summed E-state index contributed by atoms with van der Waals surface area (Å²) in [6.45, 7) is 5.33. The van der Waals surface area contributed by atoms with Crippen LogP contribution >= 0.6 is 15.9 Å². The van der Waals surface area contributed by atoms with Crippen molar-refractivity contribution in [1.29, 1.82) is 0 Å². The second-order valence-corrected chi connectivity index (χ2v) is 9.78. The number of alkyl halides is 3. The van der Waals surface area contributed by atoms with Crippen molar-refractivity contribution < 1.29 is 32.4 Å². The van der Waals surface area contributed by atoms with Crippen LogP contribution in [0.15, 0.2) is 44.5 Å². The van der Waals surface area contributed by atoms with Gasteiger partial charge in [0.1, 0.15) is 11.7 Å². The number of aryl methyl sites for hydroxylation is 1. The Labute approximate surface area is 202 Å². The molecule has 184 valence electrons. The van der Waals surface area contributed by atoms with E-state index in [1.54, 1.807) is 13.0 Å². The number of aliphatic hydroxyl groups excluding tert-OH is 1. The van der Waals surface area contributed by atoms with Crippen molar-refractivity contribution in [1.82, 2.24) is 15.4 Å². The van der Waals surface area contributed by atoms with Gasteiger partial charge in [-0.2, -0.15) is 13.2 Å². The molecule has 4 unspecified atom stereocenters. The minimum Gasteiger partial charge on any atom is -0.391 e. The minimum absolute atomic E-state index is 0.00938. The molecule has 2 N–H and O–H groups in total. The van der Waals surface area contributed by atoms with Crippen molar-refractivity contribution in [3.63, 3.8) is 0 Å². The highest BCUT2D eigenvalue weighted by Gasteiger charge is 2.64. The van der Waals surface area contributed by atoms with E-state index in [4.69, 9.17) is 9.36 Å². The molecule has 2 aliphatic heterocycles. The SMILES string of the molecule is Cc1cc(C(C(=O)N2CC(O)CC2C2=NOC(c3ccc(Br)cc3)(C(F)(F)F)N2)C(C)C)on1. The first-order valence-electron chi connectivity index (χ1n) is 10.7. The molecule has 0 spiro atoms. The molecule has 1 fully saturated rings. The van der Waals surface area contributed by atoms with Crippen molar-refractivity contribution in [2.24, 2.45) is 11.1 Å². The van der Waals surface area contributed by atoms with E-state index in [1.165, 1.54) is 29.2 Å². The average Bonchev–Trinajstić information content (AvgIpc) is 3.46. The normalized spacial score (nSPS) is 25.8. The van der Waals surface area contributed by atoms with Gasteiger partial charge in [0.25, 0.3) is 0 Å². The molecule has 3 heterocycles. The van der Waals surface area contributed by atoms with Gasteiger partial charge in [-0.25, -0.2) is 0 Å². The molecule has 1 saturated heterocycles. The smallest absolute Gasteiger partial charge is 0.391 e. The maximum absolute atomic E-state index is 14.2. The average molecular weight is 545 g/mol. The third-order valence-corrected chi connectivity index (χ3v) is 6.53. The molecule has 4 rings (SSSR count). The van der Waals surface area contributed by atoms with Gasteiger partial charge in [-0.1, -0.05) is 52.2 Å². The zero-order chi connectivity index (χ0) is 24.8. The molecular formula is C22H24BrF3N4O4. The molecule has 2 aromatic rings. The third kappa shape index (κ3) is 4.28. The second-order valence-electron chi connectivity index (χ2n) is 8.87. The molecule has 2 aliphatic rings. The number of carbonyl (C=O) groups excluding carboxylic acids is 1. The van der Waals surface area contributed by atoms with E-state index in [0.29, 0.717) is 15.9 Å². The number of halogens is 4. The lowest BCUT2D eigenvalue weighted by Gasteiger charge is -2.32. The summed E-state index contributed by atoms with van der Waals surface area (Å²) < 4.78 is 48.6. The van der Waals surface area contributed by atoms with Crippen LogP contribution in [0.3, 0.4) is 0 Å². The van der Waals surface area contributed by atoms with Crippen LogP contribution in [0.2, 0.25) is 0 Å². The number of oxime groups is 1. The number of likely N-dealkylation sites (tertiary alicyclic amines) is 1. The molecule has 12 heteroatoms. The quantitative estimate of drug-likeness (QED) is 0.593. The van der Waals surface area contributed by atoms with Gasteiger partial charge in [-0.15, -0.1) is 0 Å². The van der Waals surface area contributed by atoms with Crippen LogP contribution in [0, 0.1) is 12.8 Å². The fraction of sp³-hybridized carbons (Fsp3) is 0.500. The molecule has 0 radical (unpaired) electrons. The number of benzene rings is 1. The lowest BCUT2D eigenvalue weighted by molar-refractivity contribution is -0.284. The molecule has 1 aromatic carbocycles. The Balaban J connectivity index is 1.64. The number of nitrogens with one attached hydrogen (secondary N) is 1. The summed E-state index contributed by atoms with van der Waals surface area (Å²) in [4.78, 5) is 19.9. The van der Waals surface area contributed by atoms with Gasteiger partial charge in [-0.05, 0) is 25.0 Å². The Bertz CT molecular complexity index is 1090. The van der Waals surface area contributed by atoms with Crippen LogP contribution in [-0.4, -0.2) is 51.8 Å². The van der Waals surface area contributed by atoms with Gasteiger partial charge in [0, 0.05) is 29.1 Å². The summed E-state index contributed by atoms with van der Waals surface area (Å²) in [5.74, 6) is -1.14. The maximum Gasteiger partial charge on any atom is 0.456 e. The standard InChI is InChI=1S/C22H24BrF3N4O4/c1-11(2)18(17-8-12(3)28-33-17)20(32)30-10-15(31)9-16(30)19-27-21(34-29-19,22(24,25)26)13-4-6-14(23)7-5-13/h4-8,11,15-16,18,31H,9-10H2,1-3H3,(H,27,29). The molecular weight excluding hydrogens is 521 g/mol. The van der Waals surface area contributed by atoms with Crippen molar-refractivity contribution in [3.8, 4) is 0 Å². The van der Waals surface area contributed by atoms with Crippen LogP contribution in [0.5, 0.6) is 0 Å². The molecule has 0 aliphatic carbocycles. The van der Waals surface area contributed by atoms with E-state index in [9.17, 15) is 23.1 Å². The largest absolute Gasteiger partial charge is 0.456 e. The second kappa shape index (κ2) is 8.88. The molecule has 1 aromatic heterocycles. The molecule has 0 bridgehead atoms. The fourth-order valence-electron chi connectivity index (χ4n) is 4.34.